The van der Waals surface area contributed by atoms with E-state index in [1.54, 1.807) is 7.11 Å². The van der Waals surface area contributed by atoms with Crippen LogP contribution in [-0.2, 0) is 0 Å². The second-order valence-corrected chi connectivity index (χ2v) is 1.44. The van der Waals surface area contributed by atoms with Gasteiger partial charge in [-0.3, -0.25) is 0 Å². The Labute approximate surface area is 48.1 Å². The van der Waals surface area contributed by atoms with Gasteiger partial charge in [-0.1, -0.05) is 0 Å². The van der Waals surface area contributed by atoms with Gasteiger partial charge in [0.25, 0.3) is 0 Å². The molecule has 2 heteroatoms. The molecule has 0 saturated heterocycles. The molecule has 0 aliphatic heterocycles. The number of hydrogen-bond donors (Lipinski definition) is 0. The maximum absolute atomic E-state index is 4.89. The van der Waals surface area contributed by atoms with Crippen LogP contribution in [0.1, 0.15) is 0 Å². The number of aromatic nitrogens is 1. The number of H-pyrrole nitrogens is 1. The van der Waals surface area contributed by atoms with Gasteiger partial charge >= 0.3 is 0 Å². The van der Waals surface area contributed by atoms with Crippen molar-refractivity contribution in [1.82, 2.24) is 0 Å². The van der Waals surface area contributed by atoms with Gasteiger partial charge in [-0.05, 0) is 0 Å². The summed E-state index contributed by atoms with van der Waals surface area (Å²) in [5.74, 6) is 0.878. The Kier molecular flexibility index (Phi) is 1.47. The number of nitrogens with one attached hydrogen (secondary N) is 1. The van der Waals surface area contributed by atoms with Crippen molar-refractivity contribution in [3.05, 3.63) is 24.5 Å². The number of aromatic amines is 1. The molecular formula is C6H8NO+. The van der Waals surface area contributed by atoms with Crippen molar-refractivity contribution in [3.8, 4) is 5.75 Å². The van der Waals surface area contributed by atoms with Gasteiger partial charge in [-0.25, -0.2) is 4.98 Å². The van der Waals surface area contributed by atoms with Crippen LogP contribution < -0.4 is 9.72 Å². The molecule has 0 radical (unpaired) electrons. The Balaban J connectivity index is 2.83. The van der Waals surface area contributed by atoms with Gasteiger partial charge in [0.1, 0.15) is 5.75 Å². The zero-order valence-corrected chi connectivity index (χ0v) is 4.72. The Hall–Kier alpha value is -1.05. The van der Waals surface area contributed by atoms with Crippen molar-refractivity contribution in [2.24, 2.45) is 0 Å². The molecule has 8 heavy (non-hydrogen) atoms. The van der Waals surface area contributed by atoms with Gasteiger partial charge in [-0.15, -0.1) is 0 Å². The van der Waals surface area contributed by atoms with E-state index in [0.29, 0.717) is 0 Å². The molecule has 0 bridgehead atoms. The summed E-state index contributed by atoms with van der Waals surface area (Å²) in [6.45, 7) is 0. The van der Waals surface area contributed by atoms with E-state index >= 15 is 0 Å². The van der Waals surface area contributed by atoms with E-state index in [1.807, 2.05) is 24.5 Å². The molecule has 1 rings (SSSR count). The van der Waals surface area contributed by atoms with Gasteiger partial charge < -0.3 is 4.74 Å². The first-order chi connectivity index (χ1) is 3.93. The molecule has 1 N–H and O–H groups in total. The van der Waals surface area contributed by atoms with Crippen LogP contribution in [0.3, 0.4) is 0 Å². The minimum atomic E-state index is 0.878. The van der Waals surface area contributed by atoms with Gasteiger partial charge in [0.15, 0.2) is 12.4 Å². The van der Waals surface area contributed by atoms with Gasteiger partial charge in [-0.2, -0.15) is 0 Å². The molecule has 1 aromatic heterocycles. The van der Waals surface area contributed by atoms with E-state index in [1.165, 1.54) is 0 Å². The summed E-state index contributed by atoms with van der Waals surface area (Å²) in [5.41, 5.74) is 0. The molecule has 0 spiro atoms. The number of hydrogen-bond acceptors (Lipinski definition) is 1. The molecule has 0 amide bonds. The fourth-order valence-corrected chi connectivity index (χ4v) is 0.508. The van der Waals surface area contributed by atoms with Gasteiger partial charge in [0, 0.05) is 12.1 Å². The zero-order chi connectivity index (χ0) is 5.82. The molecule has 1 heterocycles. The Bertz CT molecular complexity index is 150. The molecule has 0 aromatic carbocycles. The molecule has 0 atom stereocenters. The molecule has 0 aliphatic carbocycles. The van der Waals surface area contributed by atoms with Crippen LogP contribution in [-0.4, -0.2) is 7.11 Å². The largest absolute Gasteiger partial charge is 0.496 e. The van der Waals surface area contributed by atoms with Gasteiger partial charge in [0.05, 0.1) is 7.11 Å². The highest BCUT2D eigenvalue weighted by Gasteiger charge is 1.85. The van der Waals surface area contributed by atoms with E-state index in [2.05, 4.69) is 4.98 Å². The molecule has 0 aliphatic rings. The first kappa shape index (κ1) is 5.09. The lowest BCUT2D eigenvalue weighted by Gasteiger charge is -1.90. The van der Waals surface area contributed by atoms with E-state index in [0.717, 1.165) is 5.75 Å². The second kappa shape index (κ2) is 2.31. The van der Waals surface area contributed by atoms with Crippen molar-refractivity contribution >= 4 is 0 Å². The molecule has 2 nitrogen and oxygen atoms in total. The van der Waals surface area contributed by atoms with E-state index < -0.39 is 0 Å². The smallest absolute Gasteiger partial charge is 0.170 e. The standard InChI is InChI=1S/C6H7NO/c1-8-6-2-4-7-5-3-6/h2-5H,1H3/p+1. The summed E-state index contributed by atoms with van der Waals surface area (Å²) in [6.07, 6.45) is 3.64. The molecular weight excluding hydrogens is 102 g/mol. The Morgan fingerprint density at radius 2 is 2.00 bits per heavy atom. The van der Waals surface area contributed by atoms with Crippen LogP contribution in [0, 0.1) is 0 Å². The van der Waals surface area contributed by atoms with E-state index in [4.69, 9.17) is 4.74 Å². The van der Waals surface area contributed by atoms with E-state index in [9.17, 15) is 0 Å². The minimum absolute atomic E-state index is 0.878. The maximum atomic E-state index is 4.89. The molecule has 0 saturated carbocycles. The SMILES string of the molecule is COc1cc[nH+]cc1. The third-order valence-corrected chi connectivity index (χ3v) is 0.923. The average molecular weight is 110 g/mol. The summed E-state index contributed by atoms with van der Waals surface area (Å²) < 4.78 is 4.89. The highest BCUT2D eigenvalue weighted by Crippen LogP contribution is 2.01. The van der Waals surface area contributed by atoms with Crippen molar-refractivity contribution in [3.63, 3.8) is 0 Å². The van der Waals surface area contributed by atoms with Crippen LogP contribution in [0.15, 0.2) is 24.5 Å². The van der Waals surface area contributed by atoms with E-state index in [-0.39, 0.29) is 0 Å². The summed E-state index contributed by atoms with van der Waals surface area (Å²) in [6, 6.07) is 3.72. The maximum Gasteiger partial charge on any atom is 0.170 e. The van der Waals surface area contributed by atoms with Crippen LogP contribution in [0.2, 0.25) is 0 Å². The first-order valence-electron chi connectivity index (χ1n) is 2.43. The summed E-state index contributed by atoms with van der Waals surface area (Å²) in [7, 11) is 1.65. The van der Waals surface area contributed by atoms with Crippen molar-refractivity contribution in [2.75, 3.05) is 7.11 Å². The van der Waals surface area contributed by atoms with Crippen molar-refractivity contribution in [1.29, 1.82) is 0 Å². The number of rotatable bonds is 1. The Morgan fingerprint density at radius 3 is 2.38 bits per heavy atom. The number of ether oxygens (including phenoxy) is 1. The molecule has 0 unspecified atom stereocenters. The number of pyridine rings is 1. The number of methoxy groups -OCH3 is 1. The zero-order valence-electron chi connectivity index (χ0n) is 4.72. The average Bonchev–Trinajstić information content (AvgIpc) is 1.90. The quantitative estimate of drug-likeness (QED) is 0.516. The predicted octanol–water partition coefficient (Wildman–Crippen LogP) is 0.509. The Morgan fingerprint density at radius 1 is 1.38 bits per heavy atom. The lowest BCUT2D eigenvalue weighted by Crippen LogP contribution is -1.96. The molecule has 0 fully saturated rings. The minimum Gasteiger partial charge on any atom is -0.496 e. The highest BCUT2D eigenvalue weighted by atomic mass is 16.5. The summed E-state index contributed by atoms with van der Waals surface area (Å²) in [4.78, 5) is 2.89. The normalized spacial score (nSPS) is 8.62. The summed E-state index contributed by atoms with van der Waals surface area (Å²) >= 11 is 0. The van der Waals surface area contributed by atoms with Crippen LogP contribution >= 0.6 is 0 Å². The monoisotopic (exact) mass is 110 g/mol. The van der Waals surface area contributed by atoms with Crippen molar-refractivity contribution < 1.29 is 9.72 Å². The van der Waals surface area contributed by atoms with Crippen LogP contribution in [0.25, 0.3) is 0 Å². The lowest BCUT2D eigenvalue weighted by atomic mass is 10.5. The lowest BCUT2D eigenvalue weighted by molar-refractivity contribution is -0.378. The molecule has 1 aromatic rings. The van der Waals surface area contributed by atoms with Crippen LogP contribution in [0.5, 0.6) is 5.75 Å². The summed E-state index contributed by atoms with van der Waals surface area (Å²) in [5, 5.41) is 0. The second-order valence-electron chi connectivity index (χ2n) is 1.44. The van der Waals surface area contributed by atoms with Gasteiger partial charge in [0.2, 0.25) is 0 Å². The third kappa shape index (κ3) is 0.964. The molecule has 42 valence electrons. The predicted molar refractivity (Wildman–Crippen MR) is 29.5 cm³/mol. The fraction of sp³-hybridized carbons (Fsp3) is 0.167. The fourth-order valence-electron chi connectivity index (χ4n) is 0.508. The first-order valence-corrected chi connectivity index (χ1v) is 2.43. The topological polar surface area (TPSA) is 23.4 Å². The van der Waals surface area contributed by atoms with Crippen LogP contribution in [0.4, 0.5) is 0 Å². The highest BCUT2D eigenvalue weighted by molar-refractivity contribution is 5.13. The third-order valence-electron chi connectivity index (χ3n) is 0.923. The van der Waals surface area contributed by atoms with Crippen molar-refractivity contribution in [2.45, 2.75) is 0 Å².